The molecule has 8 heteroatoms. The van der Waals surface area contributed by atoms with E-state index in [0.717, 1.165) is 11.3 Å². The first-order valence-electron chi connectivity index (χ1n) is 6.31. The van der Waals surface area contributed by atoms with Gasteiger partial charge in [0, 0.05) is 19.8 Å². The first-order chi connectivity index (χ1) is 10.4. The van der Waals surface area contributed by atoms with Crippen molar-refractivity contribution in [2.45, 2.75) is 0 Å². The molecule has 0 saturated carbocycles. The van der Waals surface area contributed by atoms with Crippen LogP contribution in [-0.4, -0.2) is 34.1 Å². The Labute approximate surface area is 125 Å². The van der Waals surface area contributed by atoms with Crippen molar-refractivity contribution < 1.29 is 10.0 Å². The normalized spacial score (nSPS) is 10.8. The minimum absolute atomic E-state index is 0.0322. The summed E-state index contributed by atoms with van der Waals surface area (Å²) in [6, 6.07) is 7.58. The van der Waals surface area contributed by atoms with Crippen LogP contribution < -0.4 is 10.5 Å². The van der Waals surface area contributed by atoms with Crippen LogP contribution in [0.5, 0.6) is 5.88 Å². The van der Waals surface area contributed by atoms with E-state index in [4.69, 9.17) is 0 Å². The standard InChI is InChI=1S/C14H14N4O4/c1-17(2)10-6-3-9(4-7-10)5-8-11-15-13(19)12(18(21)22)14(20)16-11/h3-8H,1-2H3,(H2,15,16,19,20). The van der Waals surface area contributed by atoms with Crippen molar-refractivity contribution in [1.82, 2.24) is 9.97 Å². The maximum atomic E-state index is 11.5. The molecule has 0 spiro atoms. The van der Waals surface area contributed by atoms with E-state index in [2.05, 4.69) is 9.97 Å². The van der Waals surface area contributed by atoms with Crippen LogP contribution in [0, 0.1) is 10.1 Å². The topological polar surface area (TPSA) is 112 Å². The van der Waals surface area contributed by atoms with Gasteiger partial charge in [0.15, 0.2) is 0 Å². The predicted octanol–water partition coefficient (Wildman–Crippen LogP) is 1.62. The molecule has 1 aromatic heterocycles. The summed E-state index contributed by atoms with van der Waals surface area (Å²) in [6.45, 7) is 0. The largest absolute Gasteiger partial charge is 0.488 e. The van der Waals surface area contributed by atoms with Crippen LogP contribution in [0.2, 0.25) is 0 Å². The quantitative estimate of drug-likeness (QED) is 0.655. The van der Waals surface area contributed by atoms with Gasteiger partial charge in [-0.05, 0) is 23.8 Å². The van der Waals surface area contributed by atoms with Gasteiger partial charge in [-0.3, -0.25) is 14.9 Å². The maximum absolute atomic E-state index is 11.5. The molecule has 2 rings (SSSR count). The summed E-state index contributed by atoms with van der Waals surface area (Å²) in [5.74, 6) is -0.874. The van der Waals surface area contributed by atoms with E-state index in [1.165, 1.54) is 6.08 Å². The molecular formula is C14H14N4O4. The molecule has 0 radical (unpaired) electrons. The predicted molar refractivity (Wildman–Crippen MR) is 82.9 cm³/mol. The van der Waals surface area contributed by atoms with Crippen molar-refractivity contribution in [2.24, 2.45) is 0 Å². The molecule has 0 aliphatic carbocycles. The molecule has 1 aromatic carbocycles. The molecule has 0 saturated heterocycles. The molecule has 0 fully saturated rings. The highest BCUT2D eigenvalue weighted by Crippen LogP contribution is 2.18. The van der Waals surface area contributed by atoms with Gasteiger partial charge in [0.05, 0.1) is 4.92 Å². The monoisotopic (exact) mass is 302 g/mol. The summed E-state index contributed by atoms with van der Waals surface area (Å²) in [5, 5.41) is 20.0. The van der Waals surface area contributed by atoms with Gasteiger partial charge >= 0.3 is 11.2 Å². The lowest BCUT2D eigenvalue weighted by atomic mass is 10.2. The molecule has 0 unspecified atom stereocenters. The zero-order valence-corrected chi connectivity index (χ0v) is 12.0. The van der Waals surface area contributed by atoms with Gasteiger partial charge in [-0.1, -0.05) is 18.2 Å². The van der Waals surface area contributed by atoms with Crippen LogP contribution in [0.15, 0.2) is 29.1 Å². The molecule has 8 nitrogen and oxygen atoms in total. The van der Waals surface area contributed by atoms with Gasteiger partial charge in [0.2, 0.25) is 0 Å². The lowest BCUT2D eigenvalue weighted by molar-refractivity contribution is -0.387. The third-order valence-electron chi connectivity index (χ3n) is 2.92. The van der Waals surface area contributed by atoms with E-state index in [-0.39, 0.29) is 5.82 Å². The Kier molecular flexibility index (Phi) is 4.21. The molecule has 2 N–H and O–H groups in total. The van der Waals surface area contributed by atoms with Gasteiger partial charge in [0.1, 0.15) is 5.82 Å². The summed E-state index contributed by atoms with van der Waals surface area (Å²) in [5.41, 5.74) is -0.0738. The summed E-state index contributed by atoms with van der Waals surface area (Å²) < 4.78 is 0. The lowest BCUT2D eigenvalue weighted by Crippen LogP contribution is -2.14. The molecule has 0 amide bonds. The number of nitrogens with zero attached hydrogens (tertiary/aromatic N) is 3. The van der Waals surface area contributed by atoms with Crippen molar-refractivity contribution in [3.63, 3.8) is 0 Å². The molecule has 0 atom stereocenters. The number of aromatic hydroxyl groups is 1. The molecule has 22 heavy (non-hydrogen) atoms. The average Bonchev–Trinajstić information content (AvgIpc) is 2.44. The molecular weight excluding hydrogens is 288 g/mol. The van der Waals surface area contributed by atoms with Crippen molar-refractivity contribution in [2.75, 3.05) is 19.0 Å². The molecule has 0 aliphatic rings. The van der Waals surface area contributed by atoms with Gasteiger partial charge < -0.3 is 15.0 Å². The fourth-order valence-corrected chi connectivity index (χ4v) is 1.77. The van der Waals surface area contributed by atoms with Crippen LogP contribution in [0.25, 0.3) is 12.2 Å². The van der Waals surface area contributed by atoms with E-state index in [1.54, 1.807) is 6.08 Å². The highest BCUT2D eigenvalue weighted by molar-refractivity contribution is 5.68. The third-order valence-corrected chi connectivity index (χ3v) is 2.92. The number of benzene rings is 1. The second-order valence-corrected chi connectivity index (χ2v) is 4.70. The van der Waals surface area contributed by atoms with Crippen LogP contribution >= 0.6 is 0 Å². The van der Waals surface area contributed by atoms with Gasteiger partial charge in [-0.2, -0.15) is 4.98 Å². The Hall–Kier alpha value is -3.16. The number of rotatable bonds is 4. The third kappa shape index (κ3) is 3.29. The maximum Gasteiger partial charge on any atom is 0.395 e. The molecule has 114 valence electrons. The number of aromatic amines is 1. The Morgan fingerprint density at radius 3 is 2.41 bits per heavy atom. The molecule has 2 aromatic rings. The minimum Gasteiger partial charge on any atom is -0.488 e. The van der Waals surface area contributed by atoms with Gasteiger partial charge in [-0.25, -0.2) is 0 Å². The fourth-order valence-electron chi connectivity index (χ4n) is 1.77. The van der Waals surface area contributed by atoms with Crippen LogP contribution in [0.4, 0.5) is 11.4 Å². The number of hydrogen-bond acceptors (Lipinski definition) is 6. The van der Waals surface area contributed by atoms with Crippen LogP contribution in [0.3, 0.4) is 0 Å². The highest BCUT2D eigenvalue weighted by atomic mass is 16.6. The number of H-pyrrole nitrogens is 1. The molecule has 1 heterocycles. The Bertz CT molecular complexity index is 778. The van der Waals surface area contributed by atoms with Crippen molar-refractivity contribution in [3.05, 3.63) is 56.1 Å². The number of hydrogen-bond donors (Lipinski definition) is 2. The summed E-state index contributed by atoms with van der Waals surface area (Å²) in [6.07, 6.45) is 3.12. The number of aromatic nitrogens is 2. The zero-order chi connectivity index (χ0) is 16.3. The average molecular weight is 302 g/mol. The van der Waals surface area contributed by atoms with Gasteiger partial charge in [0.25, 0.3) is 5.88 Å². The fraction of sp³-hybridized carbons (Fsp3) is 0.143. The van der Waals surface area contributed by atoms with E-state index >= 15 is 0 Å². The van der Waals surface area contributed by atoms with E-state index in [0.29, 0.717) is 0 Å². The number of nitro groups is 1. The van der Waals surface area contributed by atoms with Crippen molar-refractivity contribution in [3.8, 4) is 5.88 Å². The first kappa shape index (κ1) is 15.2. The number of nitrogens with one attached hydrogen (secondary N) is 1. The van der Waals surface area contributed by atoms with E-state index in [9.17, 15) is 20.0 Å². The van der Waals surface area contributed by atoms with E-state index in [1.807, 2.05) is 43.3 Å². The highest BCUT2D eigenvalue weighted by Gasteiger charge is 2.21. The second kappa shape index (κ2) is 6.08. The van der Waals surface area contributed by atoms with Gasteiger partial charge in [-0.15, -0.1) is 0 Å². The van der Waals surface area contributed by atoms with Crippen molar-refractivity contribution in [1.29, 1.82) is 0 Å². The lowest BCUT2D eigenvalue weighted by Gasteiger charge is -2.11. The van der Waals surface area contributed by atoms with E-state index < -0.39 is 22.0 Å². The van der Waals surface area contributed by atoms with Crippen LogP contribution in [-0.2, 0) is 0 Å². The minimum atomic E-state index is -1.000. The van der Waals surface area contributed by atoms with Crippen molar-refractivity contribution >= 4 is 23.5 Å². The SMILES string of the molecule is CN(C)c1ccc(C=Cc2nc(O)c([N+](=O)[O-])c(=O)[nH]2)cc1. The molecule has 0 bridgehead atoms. The Morgan fingerprint density at radius 1 is 1.27 bits per heavy atom. The summed E-state index contributed by atoms with van der Waals surface area (Å²) >= 11 is 0. The smallest absolute Gasteiger partial charge is 0.395 e. The first-order valence-corrected chi connectivity index (χ1v) is 6.31. The Balaban J connectivity index is 2.27. The van der Waals surface area contributed by atoms with Crippen LogP contribution in [0.1, 0.15) is 11.4 Å². The Morgan fingerprint density at radius 2 is 1.91 bits per heavy atom. The number of anilines is 1. The summed E-state index contributed by atoms with van der Waals surface area (Å²) in [4.78, 5) is 28.9. The molecule has 0 aliphatic heterocycles. The zero-order valence-electron chi connectivity index (χ0n) is 12.0. The summed E-state index contributed by atoms with van der Waals surface area (Å²) in [7, 11) is 3.86. The second-order valence-electron chi connectivity index (χ2n) is 4.70.